The number of hydrogen-bond donors (Lipinski definition) is 2. The van der Waals surface area contributed by atoms with E-state index < -0.39 is 11.6 Å². The fourth-order valence-corrected chi connectivity index (χ4v) is 5.03. The van der Waals surface area contributed by atoms with Gasteiger partial charge in [0.15, 0.2) is 0 Å². The Labute approximate surface area is 245 Å². The van der Waals surface area contributed by atoms with Crippen LogP contribution < -0.4 is 20.5 Å². The van der Waals surface area contributed by atoms with Gasteiger partial charge in [-0.2, -0.15) is 0 Å². The zero-order valence-corrected chi connectivity index (χ0v) is 24.5. The van der Waals surface area contributed by atoms with Crippen LogP contribution in [0.25, 0.3) is 22.2 Å². The number of aromatic amines is 1. The van der Waals surface area contributed by atoms with E-state index in [0.717, 1.165) is 39.1 Å². The van der Waals surface area contributed by atoms with E-state index in [9.17, 15) is 9.59 Å². The van der Waals surface area contributed by atoms with Gasteiger partial charge in [-0.05, 0) is 88.7 Å². The lowest BCUT2D eigenvalue weighted by Crippen LogP contribution is -2.38. The van der Waals surface area contributed by atoms with Gasteiger partial charge in [-0.15, -0.1) is 0 Å². The summed E-state index contributed by atoms with van der Waals surface area (Å²) in [5.41, 5.74) is 5.75. The van der Waals surface area contributed by atoms with Crippen LogP contribution in [0.3, 0.4) is 0 Å². The molecule has 8 nitrogen and oxygen atoms in total. The topological polar surface area (TPSA) is 100 Å². The molecule has 5 rings (SSSR count). The Bertz CT molecular complexity index is 1750. The monoisotopic (exact) mass is 561 g/mol. The zero-order valence-electron chi connectivity index (χ0n) is 24.5. The fraction of sp³-hybridized carbons (Fsp3) is 0.235. The average Bonchev–Trinajstić information content (AvgIpc) is 3.00. The number of nitrogens with zero attached hydrogens (tertiary/aromatic N) is 3. The lowest BCUT2D eigenvalue weighted by Gasteiger charge is -2.26. The molecule has 0 radical (unpaired) electrons. The molecule has 3 heterocycles. The number of fused-ring (bicyclic) bond motifs is 1. The minimum Gasteiger partial charge on any atom is -0.497 e. The number of carbonyl (C=O) groups is 1. The molecular weight excluding hydrogens is 526 g/mol. The van der Waals surface area contributed by atoms with Crippen LogP contribution in [0.5, 0.6) is 5.75 Å². The van der Waals surface area contributed by atoms with Crippen LogP contribution in [0, 0.1) is 0 Å². The van der Waals surface area contributed by atoms with Gasteiger partial charge in [-0.1, -0.05) is 45.9 Å². The first-order valence-electron chi connectivity index (χ1n) is 14.0. The van der Waals surface area contributed by atoms with Gasteiger partial charge in [-0.25, -0.2) is 9.78 Å². The highest BCUT2D eigenvalue weighted by atomic mass is 16.5. The van der Waals surface area contributed by atoms with Crippen molar-refractivity contribution in [2.24, 2.45) is 0 Å². The highest BCUT2D eigenvalue weighted by Crippen LogP contribution is 2.38. The van der Waals surface area contributed by atoms with Gasteiger partial charge in [0.25, 0.3) is 5.56 Å². The second-order valence-corrected chi connectivity index (χ2v) is 10.8. The maximum absolute atomic E-state index is 14.2. The standard InChI is InChI=1S/C34H35N5O3/c1-21(2)28-17-25(23-10-8-13-27(16-23)42-5)18-29(22(3)4)31(28)37-34(41)39(20-26-12-6-7-14-35-26)30-19-24-11-9-15-36-32(24)38-33(30)40/h6-19,21-22H,20H2,1-5H3,(H,37,41)(H,36,38,40). The van der Waals surface area contributed by atoms with Gasteiger partial charge in [-0.3, -0.25) is 14.7 Å². The van der Waals surface area contributed by atoms with Crippen molar-refractivity contribution in [2.45, 2.75) is 46.1 Å². The fourth-order valence-electron chi connectivity index (χ4n) is 5.03. The lowest BCUT2D eigenvalue weighted by atomic mass is 9.88. The zero-order chi connectivity index (χ0) is 29.8. The summed E-state index contributed by atoms with van der Waals surface area (Å²) in [4.78, 5) is 40.4. The molecule has 2 N–H and O–H groups in total. The molecule has 3 aromatic heterocycles. The highest BCUT2D eigenvalue weighted by Gasteiger charge is 2.25. The molecule has 0 atom stereocenters. The van der Waals surface area contributed by atoms with Gasteiger partial charge in [0, 0.05) is 23.5 Å². The number of benzene rings is 2. The summed E-state index contributed by atoms with van der Waals surface area (Å²) < 4.78 is 5.46. The normalized spacial score (nSPS) is 11.2. The molecule has 8 heteroatoms. The van der Waals surface area contributed by atoms with E-state index in [4.69, 9.17) is 4.74 Å². The van der Waals surface area contributed by atoms with Crippen LogP contribution in [-0.2, 0) is 6.54 Å². The van der Waals surface area contributed by atoms with Crippen LogP contribution >= 0.6 is 0 Å². The average molecular weight is 562 g/mol. The summed E-state index contributed by atoms with van der Waals surface area (Å²) in [5.74, 6) is 1.01. The predicted octanol–water partition coefficient (Wildman–Crippen LogP) is 7.48. The van der Waals surface area contributed by atoms with Crippen molar-refractivity contribution < 1.29 is 9.53 Å². The smallest absolute Gasteiger partial charge is 0.326 e. The van der Waals surface area contributed by atoms with Gasteiger partial charge in [0.2, 0.25) is 0 Å². The predicted molar refractivity (Wildman–Crippen MR) is 168 cm³/mol. The van der Waals surface area contributed by atoms with Crippen molar-refractivity contribution in [3.8, 4) is 16.9 Å². The molecule has 0 aliphatic rings. The minimum absolute atomic E-state index is 0.109. The number of pyridine rings is 3. The Morgan fingerprint density at radius 3 is 2.29 bits per heavy atom. The Morgan fingerprint density at radius 2 is 1.62 bits per heavy atom. The molecule has 0 saturated heterocycles. The van der Waals surface area contributed by atoms with Crippen molar-refractivity contribution in [3.05, 3.63) is 112 Å². The first kappa shape index (κ1) is 28.5. The van der Waals surface area contributed by atoms with E-state index in [1.807, 2.05) is 42.5 Å². The summed E-state index contributed by atoms with van der Waals surface area (Å²) in [6.07, 6.45) is 3.29. The molecule has 214 valence electrons. The number of H-pyrrole nitrogens is 1. The van der Waals surface area contributed by atoms with Crippen LogP contribution in [0.1, 0.15) is 56.4 Å². The number of urea groups is 1. The summed E-state index contributed by atoms with van der Waals surface area (Å²) in [6, 6.07) is 22.6. The molecule has 0 saturated carbocycles. The molecule has 0 spiro atoms. The Morgan fingerprint density at radius 1 is 0.881 bits per heavy atom. The number of aromatic nitrogens is 3. The number of hydrogen-bond acceptors (Lipinski definition) is 5. The summed E-state index contributed by atoms with van der Waals surface area (Å²) in [6.45, 7) is 8.54. The number of rotatable bonds is 8. The third-order valence-electron chi connectivity index (χ3n) is 7.26. The second-order valence-electron chi connectivity index (χ2n) is 10.8. The third-order valence-corrected chi connectivity index (χ3v) is 7.26. The van der Waals surface area contributed by atoms with E-state index in [1.54, 1.807) is 31.6 Å². The van der Waals surface area contributed by atoms with E-state index >= 15 is 0 Å². The van der Waals surface area contributed by atoms with Crippen molar-refractivity contribution >= 4 is 28.4 Å². The molecule has 0 aliphatic carbocycles. The molecule has 0 aliphatic heterocycles. The number of anilines is 2. The highest BCUT2D eigenvalue weighted by molar-refractivity contribution is 6.03. The van der Waals surface area contributed by atoms with Gasteiger partial charge in [0.1, 0.15) is 17.1 Å². The third kappa shape index (κ3) is 6.02. The number of carbonyl (C=O) groups excluding carboxylic acids is 1. The molecule has 2 aromatic carbocycles. The van der Waals surface area contributed by atoms with Crippen LogP contribution in [-0.4, -0.2) is 28.1 Å². The Balaban J connectivity index is 1.61. The molecule has 2 amide bonds. The molecule has 0 fully saturated rings. The lowest BCUT2D eigenvalue weighted by molar-refractivity contribution is 0.256. The van der Waals surface area contributed by atoms with Crippen molar-refractivity contribution in [2.75, 3.05) is 17.3 Å². The van der Waals surface area contributed by atoms with Crippen molar-refractivity contribution in [3.63, 3.8) is 0 Å². The number of methoxy groups -OCH3 is 1. The summed E-state index contributed by atoms with van der Waals surface area (Å²) >= 11 is 0. The van der Waals surface area contributed by atoms with E-state index in [-0.39, 0.29) is 24.1 Å². The van der Waals surface area contributed by atoms with Crippen LogP contribution in [0.15, 0.2) is 90.0 Å². The molecule has 42 heavy (non-hydrogen) atoms. The van der Waals surface area contributed by atoms with Crippen molar-refractivity contribution in [1.82, 2.24) is 15.0 Å². The van der Waals surface area contributed by atoms with Gasteiger partial charge >= 0.3 is 6.03 Å². The van der Waals surface area contributed by atoms with Gasteiger partial charge < -0.3 is 15.0 Å². The maximum Gasteiger partial charge on any atom is 0.326 e. The van der Waals surface area contributed by atoms with E-state index in [0.29, 0.717) is 11.3 Å². The number of nitrogens with one attached hydrogen (secondary N) is 2. The summed E-state index contributed by atoms with van der Waals surface area (Å²) in [5, 5.41) is 3.92. The number of ether oxygens (including phenoxy) is 1. The largest absolute Gasteiger partial charge is 0.497 e. The first-order valence-corrected chi connectivity index (χ1v) is 14.0. The van der Waals surface area contributed by atoms with Gasteiger partial charge in [0.05, 0.1) is 19.3 Å². The SMILES string of the molecule is COc1cccc(-c2cc(C(C)C)c(NC(=O)N(Cc3ccccn3)c3cc4cccnc4[nH]c3=O)c(C(C)C)c2)c1. The van der Waals surface area contributed by atoms with Crippen molar-refractivity contribution in [1.29, 1.82) is 0 Å². The summed E-state index contributed by atoms with van der Waals surface area (Å²) in [7, 11) is 1.66. The second kappa shape index (κ2) is 12.3. The quantitative estimate of drug-likeness (QED) is 0.205. The molecular formula is C34H35N5O3. The van der Waals surface area contributed by atoms with Crippen LogP contribution in [0.2, 0.25) is 0 Å². The maximum atomic E-state index is 14.2. The van der Waals surface area contributed by atoms with E-state index in [2.05, 4.69) is 66.2 Å². The van der Waals surface area contributed by atoms with E-state index in [1.165, 1.54) is 4.90 Å². The first-order chi connectivity index (χ1) is 20.2. The molecule has 0 bridgehead atoms. The Kier molecular flexibility index (Phi) is 8.33. The molecule has 0 unspecified atom stereocenters. The van der Waals surface area contributed by atoms with Crippen LogP contribution in [0.4, 0.5) is 16.2 Å². The molecule has 5 aromatic rings. The minimum atomic E-state index is -0.424. The number of amides is 2. The Hall–Kier alpha value is -4.98.